The van der Waals surface area contributed by atoms with Crippen LogP contribution in [0.1, 0.15) is 32.6 Å². The summed E-state index contributed by atoms with van der Waals surface area (Å²) in [5.41, 5.74) is 0. The molecule has 0 aromatic heterocycles. The van der Waals surface area contributed by atoms with Gasteiger partial charge in [-0.1, -0.05) is 6.92 Å². The number of unbranched alkanes of at least 4 members (excludes halogenated alkanes) is 1. The Labute approximate surface area is 112 Å². The molecule has 0 aliphatic rings. The van der Waals surface area contributed by atoms with Crippen molar-refractivity contribution < 1.29 is 4.48 Å². The van der Waals surface area contributed by atoms with Gasteiger partial charge in [0.05, 0.1) is 38.8 Å². The van der Waals surface area contributed by atoms with E-state index in [4.69, 9.17) is 10.5 Å². The molecule has 0 spiro atoms. The predicted molar refractivity (Wildman–Crippen MR) is 73.7 cm³/mol. The highest BCUT2D eigenvalue weighted by molar-refractivity contribution is 4.71. The number of rotatable bonds is 10. The van der Waals surface area contributed by atoms with E-state index in [0.29, 0.717) is 12.8 Å². The van der Waals surface area contributed by atoms with Gasteiger partial charge >= 0.3 is 0 Å². The number of nitriles is 2. The van der Waals surface area contributed by atoms with Crippen molar-refractivity contribution in [3.63, 3.8) is 0 Å². The molecule has 0 saturated heterocycles. The highest BCUT2D eigenvalue weighted by atomic mass is 15.3. The van der Waals surface area contributed by atoms with Gasteiger partial charge in [0.15, 0.2) is 0 Å². The van der Waals surface area contributed by atoms with E-state index in [0.717, 1.165) is 43.6 Å². The zero-order valence-electron chi connectivity index (χ0n) is 12.2. The molecule has 0 aliphatic heterocycles. The summed E-state index contributed by atoms with van der Waals surface area (Å²) in [5, 5.41) is 17.2. The van der Waals surface area contributed by atoms with E-state index in [1.807, 2.05) is 0 Å². The summed E-state index contributed by atoms with van der Waals surface area (Å²) in [6, 6.07) is 4.40. The van der Waals surface area contributed by atoms with Crippen molar-refractivity contribution in [1.82, 2.24) is 4.90 Å². The van der Waals surface area contributed by atoms with E-state index in [-0.39, 0.29) is 0 Å². The molecule has 0 fully saturated rings. The number of likely N-dealkylation sites (N-methyl/N-ethyl adjacent to an activating group) is 2. The molecule has 4 nitrogen and oxygen atoms in total. The summed E-state index contributed by atoms with van der Waals surface area (Å²) < 4.78 is 1.04. The fourth-order valence-electron chi connectivity index (χ4n) is 2.18. The van der Waals surface area contributed by atoms with Gasteiger partial charge in [-0.25, -0.2) is 0 Å². The van der Waals surface area contributed by atoms with Crippen molar-refractivity contribution in [2.45, 2.75) is 32.6 Å². The predicted octanol–water partition coefficient (Wildman–Crippen LogP) is 1.99. The minimum atomic E-state index is 0.600. The third-order valence-electron chi connectivity index (χ3n) is 3.38. The largest absolute Gasteiger partial charge is 0.325 e. The van der Waals surface area contributed by atoms with E-state index >= 15 is 0 Å². The van der Waals surface area contributed by atoms with Gasteiger partial charge in [0.1, 0.15) is 0 Å². The molecule has 18 heavy (non-hydrogen) atoms. The number of hydrogen-bond donors (Lipinski definition) is 0. The summed E-state index contributed by atoms with van der Waals surface area (Å²) in [6.45, 7) is 7.41. The Balaban J connectivity index is 4.08. The Morgan fingerprint density at radius 2 is 1.67 bits per heavy atom. The van der Waals surface area contributed by atoms with Crippen molar-refractivity contribution in [2.75, 3.05) is 46.8 Å². The molecular weight excluding hydrogens is 224 g/mol. The lowest BCUT2D eigenvalue weighted by atomic mass is 10.2. The molecule has 0 N–H and O–H groups in total. The van der Waals surface area contributed by atoms with Crippen LogP contribution in [0.15, 0.2) is 0 Å². The fraction of sp³-hybridized carbons (Fsp3) is 0.857. The molecule has 0 aromatic carbocycles. The van der Waals surface area contributed by atoms with Gasteiger partial charge in [0, 0.05) is 32.4 Å². The smallest absolute Gasteiger partial charge is 0.0913 e. The van der Waals surface area contributed by atoms with Crippen LogP contribution in [0.5, 0.6) is 0 Å². The number of nitrogens with zero attached hydrogens (tertiary/aromatic N) is 4. The number of quaternary nitrogens is 1. The third-order valence-corrected chi connectivity index (χ3v) is 3.38. The lowest BCUT2D eigenvalue weighted by Crippen LogP contribution is -2.49. The molecule has 1 unspecified atom stereocenters. The Kier molecular flexibility index (Phi) is 9.28. The summed E-state index contributed by atoms with van der Waals surface area (Å²) in [4.78, 5) is 2.22. The molecule has 0 bridgehead atoms. The SMILES string of the molecule is CCC[N+](C)(CCCC#N)CCN(C)CCC#N. The first-order valence-corrected chi connectivity index (χ1v) is 6.84. The molecule has 0 radical (unpaired) electrons. The van der Waals surface area contributed by atoms with Gasteiger partial charge in [0.25, 0.3) is 0 Å². The Morgan fingerprint density at radius 3 is 2.22 bits per heavy atom. The van der Waals surface area contributed by atoms with E-state index in [1.165, 1.54) is 6.42 Å². The topological polar surface area (TPSA) is 50.8 Å². The van der Waals surface area contributed by atoms with Gasteiger partial charge in [-0.3, -0.25) is 4.90 Å². The highest BCUT2D eigenvalue weighted by Gasteiger charge is 2.20. The lowest BCUT2D eigenvalue weighted by Gasteiger charge is -2.35. The first-order chi connectivity index (χ1) is 8.58. The molecule has 0 saturated carbocycles. The van der Waals surface area contributed by atoms with E-state index in [1.54, 1.807) is 0 Å². The summed E-state index contributed by atoms with van der Waals surface area (Å²) in [6.07, 6.45) is 3.41. The summed E-state index contributed by atoms with van der Waals surface area (Å²) in [5.74, 6) is 0. The first kappa shape index (κ1) is 16.9. The van der Waals surface area contributed by atoms with Gasteiger partial charge < -0.3 is 4.48 Å². The quantitative estimate of drug-likeness (QED) is 0.441. The van der Waals surface area contributed by atoms with Crippen LogP contribution in [0.25, 0.3) is 0 Å². The number of hydrogen-bond acceptors (Lipinski definition) is 3. The minimum absolute atomic E-state index is 0.600. The van der Waals surface area contributed by atoms with Gasteiger partial charge in [-0.15, -0.1) is 0 Å². The van der Waals surface area contributed by atoms with Gasteiger partial charge in [-0.05, 0) is 13.5 Å². The molecule has 0 aromatic rings. The van der Waals surface area contributed by atoms with Crippen LogP contribution in [-0.2, 0) is 0 Å². The van der Waals surface area contributed by atoms with Crippen molar-refractivity contribution in [3.05, 3.63) is 0 Å². The molecular formula is C14H27N4+. The van der Waals surface area contributed by atoms with E-state index < -0.39 is 0 Å². The average molecular weight is 251 g/mol. The van der Waals surface area contributed by atoms with Crippen molar-refractivity contribution >= 4 is 0 Å². The van der Waals surface area contributed by atoms with Crippen LogP contribution < -0.4 is 0 Å². The second-order valence-corrected chi connectivity index (χ2v) is 5.26. The van der Waals surface area contributed by atoms with Crippen LogP contribution in [0.4, 0.5) is 0 Å². The van der Waals surface area contributed by atoms with Crippen molar-refractivity contribution in [1.29, 1.82) is 10.5 Å². The second-order valence-electron chi connectivity index (χ2n) is 5.26. The molecule has 0 aliphatic carbocycles. The highest BCUT2D eigenvalue weighted by Crippen LogP contribution is 2.07. The maximum atomic E-state index is 8.61. The van der Waals surface area contributed by atoms with E-state index in [9.17, 15) is 0 Å². The van der Waals surface area contributed by atoms with Crippen LogP contribution in [0.2, 0.25) is 0 Å². The van der Waals surface area contributed by atoms with Gasteiger partial charge in [0.2, 0.25) is 0 Å². The molecule has 0 rings (SSSR count). The van der Waals surface area contributed by atoms with Crippen molar-refractivity contribution in [3.8, 4) is 12.1 Å². The van der Waals surface area contributed by atoms with Crippen LogP contribution in [0, 0.1) is 22.7 Å². The zero-order chi connectivity index (χ0) is 13.9. The standard InChI is InChI=1S/C14H27N4/c1-4-12-18(3,13-6-5-8-15)14-11-17(2)10-7-9-16/h4-7,10-14H2,1-3H3/q+1. The molecule has 0 heterocycles. The van der Waals surface area contributed by atoms with E-state index in [2.05, 4.69) is 38.1 Å². The zero-order valence-corrected chi connectivity index (χ0v) is 12.2. The molecule has 4 heteroatoms. The maximum Gasteiger partial charge on any atom is 0.0913 e. The monoisotopic (exact) mass is 251 g/mol. The molecule has 0 amide bonds. The Hall–Kier alpha value is -1.10. The Bertz CT molecular complexity index is 289. The van der Waals surface area contributed by atoms with Gasteiger partial charge in [-0.2, -0.15) is 10.5 Å². The third kappa shape index (κ3) is 8.06. The maximum absolute atomic E-state index is 8.61. The lowest BCUT2D eigenvalue weighted by molar-refractivity contribution is -0.909. The molecule has 102 valence electrons. The second kappa shape index (κ2) is 9.88. The van der Waals surface area contributed by atoms with Crippen LogP contribution in [-0.4, -0.2) is 56.2 Å². The summed E-state index contributed by atoms with van der Waals surface area (Å²) in [7, 11) is 4.35. The summed E-state index contributed by atoms with van der Waals surface area (Å²) >= 11 is 0. The minimum Gasteiger partial charge on any atom is -0.325 e. The molecule has 1 atom stereocenters. The fourth-order valence-corrected chi connectivity index (χ4v) is 2.18. The van der Waals surface area contributed by atoms with Crippen LogP contribution >= 0.6 is 0 Å². The Morgan fingerprint density at radius 1 is 1.00 bits per heavy atom. The normalized spacial score (nSPS) is 13.9. The first-order valence-electron chi connectivity index (χ1n) is 6.84. The average Bonchev–Trinajstić information content (AvgIpc) is 2.35. The van der Waals surface area contributed by atoms with Crippen molar-refractivity contribution in [2.24, 2.45) is 0 Å². The van der Waals surface area contributed by atoms with Crippen LogP contribution in [0.3, 0.4) is 0 Å².